The van der Waals surface area contributed by atoms with Gasteiger partial charge in [0.15, 0.2) is 0 Å². The minimum absolute atomic E-state index is 0.251. The van der Waals surface area contributed by atoms with Crippen LogP contribution in [0.25, 0.3) is 11.4 Å². The first-order chi connectivity index (χ1) is 10.7. The Hall–Kier alpha value is -1.14. The molecule has 1 aromatic carbocycles. The van der Waals surface area contributed by atoms with E-state index in [0.717, 1.165) is 25.9 Å². The molecule has 1 aromatic heterocycles. The summed E-state index contributed by atoms with van der Waals surface area (Å²) in [6.45, 7) is 2.34. The molecule has 0 bridgehead atoms. The quantitative estimate of drug-likeness (QED) is 0.924. The molecule has 1 aliphatic heterocycles. The fourth-order valence-corrected chi connectivity index (χ4v) is 3.42. The molecule has 1 fully saturated rings. The molecule has 1 aliphatic rings. The van der Waals surface area contributed by atoms with Crippen LogP contribution in [0.4, 0.5) is 0 Å². The van der Waals surface area contributed by atoms with Crippen molar-refractivity contribution in [3.63, 3.8) is 0 Å². The van der Waals surface area contributed by atoms with Gasteiger partial charge in [0.1, 0.15) is 0 Å². The molecule has 0 unspecified atom stereocenters. The first kappa shape index (κ1) is 15.7. The van der Waals surface area contributed by atoms with Gasteiger partial charge in [-0.2, -0.15) is 4.98 Å². The molecule has 0 amide bonds. The zero-order valence-corrected chi connectivity index (χ0v) is 13.7. The Morgan fingerprint density at radius 3 is 2.59 bits per heavy atom. The highest BCUT2D eigenvalue weighted by Crippen LogP contribution is 2.37. The molecule has 5 nitrogen and oxygen atoms in total. The van der Waals surface area contributed by atoms with E-state index in [-0.39, 0.29) is 5.41 Å². The van der Waals surface area contributed by atoms with Gasteiger partial charge >= 0.3 is 0 Å². The number of aromatic nitrogens is 2. The summed E-state index contributed by atoms with van der Waals surface area (Å²) >= 11 is 12.4. The first-order valence-corrected chi connectivity index (χ1v) is 7.90. The largest absolute Gasteiger partial charge is 0.384 e. The van der Waals surface area contributed by atoms with E-state index in [1.54, 1.807) is 25.3 Å². The highest BCUT2D eigenvalue weighted by molar-refractivity contribution is 6.38. The van der Waals surface area contributed by atoms with E-state index in [4.69, 9.17) is 32.5 Å². The number of hydrogen-bond donors (Lipinski definition) is 1. The molecular formula is C15H17Cl2N3O2. The van der Waals surface area contributed by atoms with Crippen LogP contribution in [0.15, 0.2) is 22.7 Å². The first-order valence-electron chi connectivity index (χ1n) is 7.14. The topological polar surface area (TPSA) is 60.2 Å². The summed E-state index contributed by atoms with van der Waals surface area (Å²) in [6, 6.07) is 5.30. The van der Waals surface area contributed by atoms with Crippen molar-refractivity contribution in [1.82, 2.24) is 15.5 Å². The highest BCUT2D eigenvalue weighted by Gasteiger charge is 2.39. The number of hydrogen-bond acceptors (Lipinski definition) is 5. The third kappa shape index (κ3) is 2.86. The van der Waals surface area contributed by atoms with Crippen molar-refractivity contribution in [2.24, 2.45) is 0 Å². The molecule has 2 aromatic rings. The van der Waals surface area contributed by atoms with Gasteiger partial charge in [0.05, 0.1) is 27.6 Å². The predicted molar refractivity (Wildman–Crippen MR) is 85.4 cm³/mol. The van der Waals surface area contributed by atoms with Crippen molar-refractivity contribution in [2.45, 2.75) is 18.3 Å². The van der Waals surface area contributed by atoms with Crippen LogP contribution >= 0.6 is 23.2 Å². The summed E-state index contributed by atoms with van der Waals surface area (Å²) < 4.78 is 10.9. The fraction of sp³-hybridized carbons (Fsp3) is 0.467. The van der Waals surface area contributed by atoms with E-state index in [0.29, 0.717) is 33.9 Å². The van der Waals surface area contributed by atoms with Crippen LogP contribution in [0.2, 0.25) is 10.0 Å². The van der Waals surface area contributed by atoms with Crippen molar-refractivity contribution >= 4 is 23.2 Å². The number of nitrogens with one attached hydrogen (secondary N) is 1. The Kier molecular flexibility index (Phi) is 4.68. The van der Waals surface area contributed by atoms with Gasteiger partial charge in [-0.15, -0.1) is 0 Å². The minimum atomic E-state index is -0.251. The van der Waals surface area contributed by atoms with Crippen LogP contribution in [0.5, 0.6) is 0 Å². The second-order valence-corrected chi connectivity index (χ2v) is 6.30. The smallest absolute Gasteiger partial charge is 0.235 e. The number of benzene rings is 1. The standard InChI is InChI=1S/C15H17Cl2N3O2/c1-21-9-15(5-7-18-8-6-15)14-19-13(20-22-14)12-10(16)3-2-4-11(12)17/h2-4,18H,5-9H2,1H3. The second kappa shape index (κ2) is 6.54. The molecule has 118 valence electrons. The average Bonchev–Trinajstić information content (AvgIpc) is 2.98. The zero-order valence-electron chi connectivity index (χ0n) is 12.2. The van der Waals surface area contributed by atoms with E-state index in [1.807, 2.05) is 0 Å². The molecule has 2 heterocycles. The third-order valence-corrected chi connectivity index (χ3v) is 4.68. The van der Waals surface area contributed by atoms with Crippen molar-refractivity contribution < 1.29 is 9.26 Å². The summed E-state index contributed by atoms with van der Waals surface area (Å²) in [5.74, 6) is 1.00. The summed E-state index contributed by atoms with van der Waals surface area (Å²) in [6.07, 6.45) is 1.78. The molecule has 0 spiro atoms. The predicted octanol–water partition coefficient (Wildman–Crippen LogP) is 3.31. The normalized spacial score (nSPS) is 17.6. The molecule has 0 radical (unpaired) electrons. The number of ether oxygens (including phenoxy) is 1. The lowest BCUT2D eigenvalue weighted by molar-refractivity contribution is 0.0850. The molecule has 7 heteroatoms. The van der Waals surface area contributed by atoms with Crippen LogP contribution in [0.1, 0.15) is 18.7 Å². The second-order valence-electron chi connectivity index (χ2n) is 5.48. The van der Waals surface area contributed by atoms with Gasteiger partial charge in [0, 0.05) is 7.11 Å². The molecule has 0 aliphatic carbocycles. The van der Waals surface area contributed by atoms with Crippen LogP contribution < -0.4 is 5.32 Å². The fourth-order valence-electron chi connectivity index (χ4n) is 2.85. The lowest BCUT2D eigenvalue weighted by Crippen LogP contribution is -2.43. The number of methoxy groups -OCH3 is 1. The Morgan fingerprint density at radius 2 is 1.95 bits per heavy atom. The summed E-state index contributed by atoms with van der Waals surface area (Å²) in [5.41, 5.74) is 0.348. The molecule has 1 N–H and O–H groups in total. The van der Waals surface area contributed by atoms with E-state index in [9.17, 15) is 0 Å². The Bertz CT molecular complexity index is 628. The Labute approximate surface area is 138 Å². The van der Waals surface area contributed by atoms with Gasteiger partial charge in [0.2, 0.25) is 11.7 Å². The van der Waals surface area contributed by atoms with Crippen molar-refractivity contribution in [2.75, 3.05) is 26.8 Å². The molecule has 0 saturated carbocycles. The number of rotatable bonds is 4. The van der Waals surface area contributed by atoms with Crippen molar-refractivity contribution in [3.8, 4) is 11.4 Å². The lowest BCUT2D eigenvalue weighted by Gasteiger charge is -2.33. The van der Waals surface area contributed by atoms with E-state index < -0.39 is 0 Å². The van der Waals surface area contributed by atoms with E-state index in [1.165, 1.54) is 0 Å². The van der Waals surface area contributed by atoms with Gasteiger partial charge in [-0.3, -0.25) is 0 Å². The van der Waals surface area contributed by atoms with Gasteiger partial charge < -0.3 is 14.6 Å². The van der Waals surface area contributed by atoms with E-state index in [2.05, 4.69) is 15.5 Å². The van der Waals surface area contributed by atoms with Crippen LogP contribution in [-0.4, -0.2) is 36.9 Å². The van der Waals surface area contributed by atoms with Crippen molar-refractivity contribution in [1.29, 1.82) is 0 Å². The number of piperidine rings is 1. The van der Waals surface area contributed by atoms with Gasteiger partial charge in [0.25, 0.3) is 0 Å². The summed E-state index contributed by atoms with van der Waals surface area (Å²) in [5, 5.41) is 8.43. The van der Waals surface area contributed by atoms with Crippen LogP contribution in [0.3, 0.4) is 0 Å². The van der Waals surface area contributed by atoms with Gasteiger partial charge in [-0.1, -0.05) is 34.4 Å². The van der Waals surface area contributed by atoms with Crippen LogP contribution in [-0.2, 0) is 10.2 Å². The maximum Gasteiger partial charge on any atom is 0.235 e. The van der Waals surface area contributed by atoms with Crippen LogP contribution in [0, 0.1) is 0 Å². The molecule has 0 atom stereocenters. The highest BCUT2D eigenvalue weighted by atomic mass is 35.5. The Morgan fingerprint density at radius 1 is 1.27 bits per heavy atom. The monoisotopic (exact) mass is 341 g/mol. The maximum atomic E-state index is 6.21. The van der Waals surface area contributed by atoms with Gasteiger partial charge in [-0.05, 0) is 38.1 Å². The summed E-state index contributed by atoms with van der Waals surface area (Å²) in [7, 11) is 1.69. The Balaban J connectivity index is 1.99. The van der Waals surface area contributed by atoms with Gasteiger partial charge in [-0.25, -0.2) is 0 Å². The molecule has 1 saturated heterocycles. The van der Waals surface area contributed by atoms with E-state index >= 15 is 0 Å². The third-order valence-electron chi connectivity index (χ3n) is 4.05. The molecule has 22 heavy (non-hydrogen) atoms. The van der Waals surface area contributed by atoms with Crippen molar-refractivity contribution in [3.05, 3.63) is 34.1 Å². The number of halogens is 2. The maximum absolute atomic E-state index is 6.21. The average molecular weight is 342 g/mol. The lowest BCUT2D eigenvalue weighted by atomic mass is 9.79. The SMILES string of the molecule is COCC1(c2nc(-c3c(Cl)cccc3Cl)no2)CCNCC1. The minimum Gasteiger partial charge on any atom is -0.384 e. The summed E-state index contributed by atoms with van der Waals surface area (Å²) in [4.78, 5) is 4.56. The zero-order chi connectivity index (χ0) is 15.6. The molecule has 3 rings (SSSR count). The molecular weight excluding hydrogens is 325 g/mol. The number of nitrogens with zero attached hydrogens (tertiary/aromatic N) is 2.